The van der Waals surface area contributed by atoms with E-state index in [0.29, 0.717) is 21.7 Å². The zero-order valence-electron chi connectivity index (χ0n) is 22.0. The smallest absolute Gasteiger partial charge is 0.325 e. The Kier molecular flexibility index (Phi) is 10.2. The van der Waals surface area contributed by atoms with Crippen molar-refractivity contribution in [2.45, 2.75) is 11.1 Å². The van der Waals surface area contributed by atoms with Crippen molar-refractivity contribution in [1.82, 2.24) is 5.32 Å². The van der Waals surface area contributed by atoms with Crippen molar-refractivity contribution in [2.24, 2.45) is 0 Å². The van der Waals surface area contributed by atoms with E-state index >= 15 is 0 Å². The van der Waals surface area contributed by atoms with E-state index in [0.717, 1.165) is 23.9 Å². The summed E-state index contributed by atoms with van der Waals surface area (Å²) in [5.41, 5.74) is -0.483. The number of anilines is 2. The van der Waals surface area contributed by atoms with Crippen LogP contribution in [0.3, 0.4) is 0 Å². The third-order valence-electron chi connectivity index (χ3n) is 5.73. The third-order valence-corrected chi connectivity index (χ3v) is 6.96. The van der Waals surface area contributed by atoms with Gasteiger partial charge in [0.1, 0.15) is 11.5 Å². The fourth-order valence-electron chi connectivity index (χ4n) is 3.73. The lowest BCUT2D eigenvalue weighted by Crippen LogP contribution is -2.30. The Hall–Kier alpha value is -4.61. The van der Waals surface area contributed by atoms with Gasteiger partial charge in [-0.1, -0.05) is 48.0 Å². The van der Waals surface area contributed by atoms with Crippen molar-refractivity contribution >= 4 is 58.5 Å². The number of carbonyl (C=O) groups is 3. The van der Waals surface area contributed by atoms with Crippen LogP contribution in [-0.4, -0.2) is 23.5 Å². The van der Waals surface area contributed by atoms with E-state index in [9.17, 15) is 31.9 Å². The molecule has 4 aromatic rings. The predicted molar refractivity (Wildman–Crippen MR) is 159 cm³/mol. The molecule has 0 aromatic heterocycles. The van der Waals surface area contributed by atoms with Crippen LogP contribution in [0.25, 0.3) is 6.08 Å². The number of rotatable bonds is 9. The highest BCUT2D eigenvalue weighted by Gasteiger charge is 2.34. The first-order valence-corrected chi connectivity index (χ1v) is 13.9. The topological polar surface area (TPSA) is 87.3 Å². The minimum Gasteiger partial charge on any atom is -0.325 e. The van der Waals surface area contributed by atoms with Crippen LogP contribution in [0.4, 0.5) is 28.9 Å². The number of benzene rings is 4. The number of carbonyl (C=O) groups excluding carboxylic acids is 3. The van der Waals surface area contributed by atoms with E-state index in [1.807, 2.05) is 0 Å². The van der Waals surface area contributed by atoms with Gasteiger partial charge in [-0.25, -0.2) is 4.39 Å². The van der Waals surface area contributed by atoms with Crippen LogP contribution in [-0.2, 0) is 15.8 Å². The summed E-state index contributed by atoms with van der Waals surface area (Å²) in [7, 11) is 0. The van der Waals surface area contributed by atoms with E-state index in [4.69, 9.17) is 11.6 Å². The Labute approximate surface area is 253 Å². The van der Waals surface area contributed by atoms with Gasteiger partial charge in [0.25, 0.3) is 11.8 Å². The predicted octanol–water partition coefficient (Wildman–Crippen LogP) is 7.64. The van der Waals surface area contributed by atoms with Crippen LogP contribution in [0.15, 0.2) is 108 Å². The number of alkyl halides is 3. The van der Waals surface area contributed by atoms with E-state index in [2.05, 4.69) is 16.0 Å². The number of halogens is 5. The average Bonchev–Trinajstić information content (AvgIpc) is 2.98. The van der Waals surface area contributed by atoms with Gasteiger partial charge in [0, 0.05) is 21.2 Å². The second-order valence-electron chi connectivity index (χ2n) is 8.94. The molecule has 0 fully saturated rings. The lowest BCUT2D eigenvalue weighted by Gasteiger charge is -2.14. The molecule has 4 aromatic carbocycles. The molecule has 6 nitrogen and oxygen atoms in total. The van der Waals surface area contributed by atoms with E-state index in [-0.39, 0.29) is 16.5 Å². The summed E-state index contributed by atoms with van der Waals surface area (Å²) < 4.78 is 53.4. The first-order chi connectivity index (χ1) is 20.5. The minimum atomic E-state index is -4.71. The summed E-state index contributed by atoms with van der Waals surface area (Å²) in [4.78, 5) is 39.0. The number of amides is 3. The highest BCUT2D eigenvalue weighted by molar-refractivity contribution is 8.00. The highest BCUT2D eigenvalue weighted by Crippen LogP contribution is 2.36. The first kappa shape index (κ1) is 31.3. The molecule has 0 aliphatic heterocycles. The van der Waals surface area contributed by atoms with E-state index in [1.54, 1.807) is 54.6 Å². The minimum absolute atomic E-state index is 0.110. The molecule has 43 heavy (non-hydrogen) atoms. The van der Waals surface area contributed by atoms with Gasteiger partial charge in [0.05, 0.1) is 17.0 Å². The summed E-state index contributed by atoms with van der Waals surface area (Å²) >= 11 is 6.72. The monoisotopic (exact) mass is 627 g/mol. The second kappa shape index (κ2) is 14.0. The maximum atomic E-state index is 13.4. The molecule has 220 valence electrons. The van der Waals surface area contributed by atoms with E-state index in [1.165, 1.54) is 36.4 Å². The van der Waals surface area contributed by atoms with Crippen molar-refractivity contribution in [1.29, 1.82) is 0 Å². The molecule has 0 saturated carbocycles. The molecular weight excluding hydrogens is 606 g/mol. The van der Waals surface area contributed by atoms with Crippen molar-refractivity contribution in [3.63, 3.8) is 0 Å². The molecule has 0 aliphatic rings. The molecule has 0 heterocycles. The van der Waals surface area contributed by atoms with Gasteiger partial charge in [-0.2, -0.15) is 13.2 Å². The van der Waals surface area contributed by atoms with Gasteiger partial charge in [-0.05, 0) is 72.3 Å². The van der Waals surface area contributed by atoms with Gasteiger partial charge in [0.15, 0.2) is 0 Å². The number of hydrogen-bond donors (Lipinski definition) is 3. The molecule has 3 N–H and O–H groups in total. The summed E-state index contributed by atoms with van der Waals surface area (Å²) in [5.74, 6) is -2.57. The lowest BCUT2D eigenvalue weighted by molar-refractivity contribution is -0.137. The quantitative estimate of drug-likeness (QED) is 0.101. The van der Waals surface area contributed by atoms with Crippen molar-refractivity contribution in [3.05, 3.63) is 130 Å². The molecule has 12 heteroatoms. The first-order valence-electron chi connectivity index (χ1n) is 12.5. The molecule has 0 aliphatic carbocycles. The Morgan fingerprint density at radius 2 is 1.56 bits per heavy atom. The molecule has 0 radical (unpaired) electrons. The van der Waals surface area contributed by atoms with Crippen LogP contribution in [0.2, 0.25) is 5.02 Å². The lowest BCUT2D eigenvalue weighted by atomic mass is 10.1. The van der Waals surface area contributed by atoms with Crippen molar-refractivity contribution in [2.75, 3.05) is 16.4 Å². The second-order valence-corrected chi connectivity index (χ2v) is 10.4. The Morgan fingerprint density at radius 1 is 0.837 bits per heavy atom. The number of hydrogen-bond acceptors (Lipinski definition) is 4. The molecule has 3 amide bonds. The Bertz CT molecular complexity index is 1660. The van der Waals surface area contributed by atoms with Crippen molar-refractivity contribution < 1.29 is 31.9 Å². The van der Waals surface area contributed by atoms with Crippen LogP contribution in [0.1, 0.15) is 21.5 Å². The van der Waals surface area contributed by atoms with Gasteiger partial charge >= 0.3 is 6.18 Å². The van der Waals surface area contributed by atoms with E-state index < -0.39 is 41.0 Å². The molecule has 0 bridgehead atoms. The van der Waals surface area contributed by atoms with Crippen LogP contribution < -0.4 is 16.0 Å². The highest BCUT2D eigenvalue weighted by atomic mass is 35.5. The van der Waals surface area contributed by atoms with Crippen LogP contribution in [0.5, 0.6) is 0 Å². The zero-order chi connectivity index (χ0) is 31.0. The standard InChI is InChI=1S/C31H22ClF4N3O3S/c32-21-11-14-26(25(16-21)31(34,35)36)38-28(40)18-43-24-8-4-7-23(17-24)37-30(42)27(15-19-9-12-22(33)13-10-19)39-29(41)20-5-2-1-3-6-20/h1-17H,18H2,(H,37,42)(H,38,40)(H,39,41)/b27-15-. The van der Waals surface area contributed by atoms with Gasteiger partial charge in [0.2, 0.25) is 5.91 Å². The normalized spacial score (nSPS) is 11.5. The molecule has 0 atom stereocenters. The summed E-state index contributed by atoms with van der Waals surface area (Å²) in [6.07, 6.45) is -3.32. The van der Waals surface area contributed by atoms with Gasteiger partial charge in [-0.15, -0.1) is 11.8 Å². The fourth-order valence-corrected chi connectivity index (χ4v) is 4.65. The van der Waals surface area contributed by atoms with Crippen LogP contribution in [0, 0.1) is 5.82 Å². The number of thioether (sulfide) groups is 1. The van der Waals surface area contributed by atoms with Crippen molar-refractivity contribution in [3.8, 4) is 0 Å². The molecule has 0 spiro atoms. The average molecular weight is 628 g/mol. The maximum absolute atomic E-state index is 13.4. The molecule has 0 unspecified atom stereocenters. The molecular formula is C31H22ClF4N3O3S. The summed E-state index contributed by atoms with van der Waals surface area (Å²) in [6.45, 7) is 0. The summed E-state index contributed by atoms with van der Waals surface area (Å²) in [6, 6.07) is 23.0. The number of nitrogens with one attached hydrogen (secondary N) is 3. The SMILES string of the molecule is O=C(CSc1cccc(NC(=O)/C(=C/c2ccc(F)cc2)NC(=O)c2ccccc2)c1)Nc1ccc(Cl)cc1C(F)(F)F. The largest absolute Gasteiger partial charge is 0.418 e. The Morgan fingerprint density at radius 3 is 2.26 bits per heavy atom. The van der Waals surface area contributed by atoms with Gasteiger partial charge < -0.3 is 16.0 Å². The maximum Gasteiger partial charge on any atom is 0.418 e. The summed E-state index contributed by atoms with van der Waals surface area (Å²) in [5, 5.41) is 7.40. The molecule has 0 saturated heterocycles. The fraction of sp³-hybridized carbons (Fsp3) is 0.0645. The molecule has 4 rings (SSSR count). The van der Waals surface area contributed by atoms with Crippen LogP contribution >= 0.6 is 23.4 Å². The third kappa shape index (κ3) is 9.19. The Balaban J connectivity index is 1.45. The zero-order valence-corrected chi connectivity index (χ0v) is 23.6. The van der Waals surface area contributed by atoms with Gasteiger partial charge in [-0.3, -0.25) is 14.4 Å².